The Kier molecular flexibility index (Phi) is 7.75. The van der Waals surface area contributed by atoms with E-state index in [0.717, 1.165) is 5.56 Å². The second-order valence-corrected chi connectivity index (χ2v) is 6.72. The Morgan fingerprint density at radius 2 is 1.64 bits per heavy atom. The summed E-state index contributed by atoms with van der Waals surface area (Å²) in [5.41, 5.74) is 2.17. The number of hydrogen-bond donors (Lipinski definition) is 2. The molecular weight excluding hydrogens is 356 g/mol. The maximum atomic E-state index is 12.5. The molecule has 0 aliphatic rings. The van der Waals surface area contributed by atoms with Gasteiger partial charge in [0, 0.05) is 11.3 Å². The smallest absolute Gasteiger partial charge is 0.329 e. The maximum absolute atomic E-state index is 12.5. The summed E-state index contributed by atoms with van der Waals surface area (Å²) >= 11 is 0. The summed E-state index contributed by atoms with van der Waals surface area (Å²) in [6.07, 6.45) is 0.671. The molecular formula is C22H26N2O4. The number of carbonyl (C=O) groups excluding carboxylic acids is 3. The third-order valence-corrected chi connectivity index (χ3v) is 4.47. The van der Waals surface area contributed by atoms with Crippen LogP contribution in [0.4, 0.5) is 5.69 Å². The minimum Gasteiger partial charge on any atom is -0.454 e. The molecule has 148 valence electrons. The first kappa shape index (κ1) is 21.2. The molecule has 0 radical (unpaired) electrons. The zero-order chi connectivity index (χ0) is 20.5. The largest absolute Gasteiger partial charge is 0.454 e. The van der Waals surface area contributed by atoms with Crippen LogP contribution >= 0.6 is 0 Å². The normalized spacial score (nSPS) is 12.5. The number of anilines is 1. The highest BCUT2D eigenvalue weighted by molar-refractivity contribution is 5.97. The van der Waals surface area contributed by atoms with Crippen molar-refractivity contribution in [3.63, 3.8) is 0 Å². The molecule has 28 heavy (non-hydrogen) atoms. The molecule has 0 spiro atoms. The zero-order valence-corrected chi connectivity index (χ0v) is 16.4. The van der Waals surface area contributed by atoms with Crippen molar-refractivity contribution in [1.82, 2.24) is 5.32 Å². The van der Waals surface area contributed by atoms with Crippen molar-refractivity contribution in [2.75, 3.05) is 11.9 Å². The van der Waals surface area contributed by atoms with Crippen molar-refractivity contribution in [2.45, 2.75) is 33.2 Å². The standard InChI is InChI=1S/C22H26N2O4/c1-4-16(3)20(24-21(26)17-8-6-5-7-9-17)22(27)28-14-19(25)23-18-12-10-15(2)11-13-18/h5-13,16,20H,4,14H2,1-3H3,(H,23,25)(H,24,26). The van der Waals surface area contributed by atoms with Gasteiger partial charge in [-0.05, 0) is 37.1 Å². The van der Waals surface area contributed by atoms with Crippen LogP contribution in [0.2, 0.25) is 0 Å². The third-order valence-electron chi connectivity index (χ3n) is 4.47. The van der Waals surface area contributed by atoms with Gasteiger partial charge in [0.05, 0.1) is 0 Å². The molecule has 0 aliphatic carbocycles. The number of amides is 2. The van der Waals surface area contributed by atoms with E-state index in [2.05, 4.69) is 10.6 Å². The Morgan fingerprint density at radius 3 is 2.25 bits per heavy atom. The van der Waals surface area contributed by atoms with Crippen molar-refractivity contribution in [3.05, 3.63) is 65.7 Å². The Balaban J connectivity index is 1.93. The molecule has 0 aromatic heterocycles. The molecule has 2 atom stereocenters. The van der Waals surface area contributed by atoms with E-state index in [4.69, 9.17) is 4.74 Å². The fourth-order valence-corrected chi connectivity index (χ4v) is 2.54. The number of rotatable bonds is 8. The highest BCUT2D eigenvalue weighted by Gasteiger charge is 2.28. The summed E-state index contributed by atoms with van der Waals surface area (Å²) in [5, 5.41) is 5.39. The monoisotopic (exact) mass is 382 g/mol. The molecule has 0 fully saturated rings. The van der Waals surface area contributed by atoms with Gasteiger partial charge >= 0.3 is 5.97 Å². The second kappa shape index (κ2) is 10.3. The lowest BCUT2D eigenvalue weighted by atomic mass is 9.99. The Labute approximate surface area is 165 Å². The van der Waals surface area contributed by atoms with Crippen LogP contribution in [-0.2, 0) is 14.3 Å². The number of aryl methyl sites for hydroxylation is 1. The predicted molar refractivity (Wildman–Crippen MR) is 108 cm³/mol. The van der Waals surface area contributed by atoms with Gasteiger partial charge in [0.15, 0.2) is 6.61 Å². The molecule has 0 bridgehead atoms. The van der Waals surface area contributed by atoms with E-state index in [-0.39, 0.29) is 11.8 Å². The molecule has 6 heteroatoms. The molecule has 2 aromatic carbocycles. The Morgan fingerprint density at radius 1 is 1.00 bits per heavy atom. The lowest BCUT2D eigenvalue weighted by molar-refractivity contribution is -0.150. The molecule has 6 nitrogen and oxygen atoms in total. The lowest BCUT2D eigenvalue weighted by Crippen LogP contribution is -2.46. The van der Waals surface area contributed by atoms with Gasteiger partial charge in [0.25, 0.3) is 11.8 Å². The second-order valence-electron chi connectivity index (χ2n) is 6.72. The predicted octanol–water partition coefficient (Wildman–Crippen LogP) is 3.32. The van der Waals surface area contributed by atoms with Crippen molar-refractivity contribution < 1.29 is 19.1 Å². The number of hydrogen-bond acceptors (Lipinski definition) is 4. The minimum atomic E-state index is -0.829. The van der Waals surface area contributed by atoms with Gasteiger partial charge in [-0.25, -0.2) is 4.79 Å². The summed E-state index contributed by atoms with van der Waals surface area (Å²) in [4.78, 5) is 36.9. The van der Waals surface area contributed by atoms with Crippen LogP contribution in [0.15, 0.2) is 54.6 Å². The van der Waals surface area contributed by atoms with Crippen LogP contribution in [0.25, 0.3) is 0 Å². The Hall–Kier alpha value is -3.15. The van der Waals surface area contributed by atoms with E-state index in [1.165, 1.54) is 0 Å². The van der Waals surface area contributed by atoms with Crippen LogP contribution in [0.5, 0.6) is 0 Å². The fourth-order valence-electron chi connectivity index (χ4n) is 2.54. The third kappa shape index (κ3) is 6.23. The summed E-state index contributed by atoms with van der Waals surface area (Å²) in [6, 6.07) is 15.1. The molecule has 2 N–H and O–H groups in total. The quantitative estimate of drug-likeness (QED) is 0.686. The first-order valence-corrected chi connectivity index (χ1v) is 9.29. The average Bonchev–Trinajstić information content (AvgIpc) is 2.71. The molecule has 2 aromatic rings. The summed E-state index contributed by atoms with van der Waals surface area (Å²) in [7, 11) is 0. The van der Waals surface area contributed by atoms with E-state index in [1.807, 2.05) is 39.0 Å². The topological polar surface area (TPSA) is 84.5 Å². The molecule has 0 saturated heterocycles. The van der Waals surface area contributed by atoms with Crippen LogP contribution in [0.1, 0.15) is 36.2 Å². The first-order valence-electron chi connectivity index (χ1n) is 9.29. The van der Waals surface area contributed by atoms with E-state index in [1.54, 1.807) is 36.4 Å². The van der Waals surface area contributed by atoms with Crippen molar-refractivity contribution in [3.8, 4) is 0 Å². The van der Waals surface area contributed by atoms with E-state index >= 15 is 0 Å². The number of carbonyl (C=O) groups is 3. The van der Waals surface area contributed by atoms with Gasteiger partial charge in [-0.15, -0.1) is 0 Å². The molecule has 0 aliphatic heterocycles. The van der Waals surface area contributed by atoms with Gasteiger partial charge < -0.3 is 15.4 Å². The lowest BCUT2D eigenvalue weighted by Gasteiger charge is -2.22. The average molecular weight is 382 g/mol. The van der Waals surface area contributed by atoms with Gasteiger partial charge in [-0.2, -0.15) is 0 Å². The van der Waals surface area contributed by atoms with Crippen molar-refractivity contribution in [2.24, 2.45) is 5.92 Å². The van der Waals surface area contributed by atoms with E-state index in [0.29, 0.717) is 17.7 Å². The molecule has 0 saturated carbocycles. The maximum Gasteiger partial charge on any atom is 0.329 e. The number of ether oxygens (including phenoxy) is 1. The Bertz CT molecular complexity index is 803. The van der Waals surface area contributed by atoms with Crippen LogP contribution < -0.4 is 10.6 Å². The molecule has 0 heterocycles. The van der Waals surface area contributed by atoms with Crippen LogP contribution in [0.3, 0.4) is 0 Å². The summed E-state index contributed by atoms with van der Waals surface area (Å²) < 4.78 is 5.16. The summed E-state index contributed by atoms with van der Waals surface area (Å²) in [6.45, 7) is 5.31. The van der Waals surface area contributed by atoms with Gasteiger partial charge in [0.2, 0.25) is 0 Å². The highest BCUT2D eigenvalue weighted by Crippen LogP contribution is 2.12. The minimum absolute atomic E-state index is 0.139. The number of benzene rings is 2. The number of nitrogens with one attached hydrogen (secondary N) is 2. The van der Waals surface area contributed by atoms with Gasteiger partial charge in [-0.1, -0.05) is 56.2 Å². The first-order chi connectivity index (χ1) is 13.4. The van der Waals surface area contributed by atoms with Gasteiger partial charge in [0.1, 0.15) is 6.04 Å². The van der Waals surface area contributed by atoms with Crippen LogP contribution in [0, 0.1) is 12.8 Å². The summed E-state index contributed by atoms with van der Waals surface area (Å²) in [5.74, 6) is -1.56. The molecule has 2 amide bonds. The molecule has 2 rings (SSSR count). The molecule has 2 unspecified atom stereocenters. The van der Waals surface area contributed by atoms with E-state index < -0.39 is 24.5 Å². The fraction of sp³-hybridized carbons (Fsp3) is 0.318. The van der Waals surface area contributed by atoms with E-state index in [9.17, 15) is 14.4 Å². The number of esters is 1. The highest BCUT2D eigenvalue weighted by atomic mass is 16.5. The van der Waals surface area contributed by atoms with Crippen molar-refractivity contribution in [1.29, 1.82) is 0 Å². The SMILES string of the molecule is CCC(C)C(NC(=O)c1ccccc1)C(=O)OCC(=O)Nc1ccc(C)cc1. The van der Waals surface area contributed by atoms with Crippen molar-refractivity contribution >= 4 is 23.5 Å². The van der Waals surface area contributed by atoms with Crippen LogP contribution in [-0.4, -0.2) is 30.4 Å². The zero-order valence-electron chi connectivity index (χ0n) is 16.4. The van der Waals surface area contributed by atoms with Gasteiger partial charge in [-0.3, -0.25) is 9.59 Å².